The Morgan fingerprint density at radius 2 is 0.625 bits per heavy atom. The molecule has 14 rings (SSSR count). The molecule has 0 radical (unpaired) electrons. The normalized spacial score (nSPS) is 13.9. The number of thiophene rings is 1. The molecule has 0 bridgehead atoms. The molecule has 1 spiro atoms. The first kappa shape index (κ1) is 41.9. The van der Waals surface area contributed by atoms with Gasteiger partial charge in [0, 0.05) is 54.7 Å². The van der Waals surface area contributed by atoms with Crippen molar-refractivity contribution in [2.45, 2.75) is 5.41 Å². The number of rotatable bonds is 9. The largest absolute Gasteiger partial charge is 0.310 e. The fourth-order valence-corrected chi connectivity index (χ4v) is 13.1. The van der Waals surface area contributed by atoms with Crippen molar-refractivity contribution in [3.05, 3.63) is 301 Å². The van der Waals surface area contributed by atoms with Gasteiger partial charge in [-0.2, -0.15) is 0 Å². The van der Waals surface area contributed by atoms with Gasteiger partial charge in [-0.3, -0.25) is 0 Å². The number of anilines is 6. The maximum absolute atomic E-state index is 2.52. The second-order valence-corrected chi connectivity index (χ2v) is 19.9. The highest BCUT2D eigenvalue weighted by Crippen LogP contribution is 2.67. The van der Waals surface area contributed by atoms with E-state index in [9.17, 15) is 0 Å². The second-order valence-electron chi connectivity index (χ2n) is 18.8. The molecule has 1 heterocycles. The number of para-hydroxylation sites is 1. The predicted octanol–water partition coefficient (Wildman–Crippen LogP) is 19.2. The van der Waals surface area contributed by atoms with Crippen LogP contribution in [0.5, 0.6) is 0 Å². The van der Waals surface area contributed by atoms with Crippen LogP contribution < -0.4 is 9.80 Å². The van der Waals surface area contributed by atoms with E-state index in [4.69, 9.17) is 0 Å². The van der Waals surface area contributed by atoms with Gasteiger partial charge in [0.1, 0.15) is 0 Å². The predicted molar refractivity (Wildman–Crippen MR) is 304 cm³/mol. The molecule has 0 fully saturated rings. The lowest BCUT2D eigenvalue weighted by atomic mass is 9.73. The van der Waals surface area contributed by atoms with E-state index in [0.717, 1.165) is 34.1 Å². The molecule has 0 saturated carbocycles. The number of fused-ring (bicyclic) bond motifs is 12. The molecule has 2 nitrogen and oxygen atoms in total. The molecule has 11 aromatic carbocycles. The van der Waals surface area contributed by atoms with Crippen molar-refractivity contribution in [3.8, 4) is 55.6 Å². The molecule has 338 valence electrons. The summed E-state index contributed by atoms with van der Waals surface area (Å²) in [5.41, 5.74) is 22.3. The standard InChI is InChI=1S/C69H46N2S/c1-5-17-47(18-6-1)50-29-35-54(36-30-50)70(53-23-11-4-12-24-53)57-41-43-60-59-25-13-15-27-63(59)69(64(60)45-57)65-46-58(42-44-61(65)67-62-26-14-16-28-66(62)72-68(67)69)71(55-37-31-51(32-38-55)48-19-7-2-8-20-48)56-39-33-52(34-40-56)49-21-9-3-10-22-49/h1-46H. The summed E-state index contributed by atoms with van der Waals surface area (Å²) in [5.74, 6) is 0. The minimum Gasteiger partial charge on any atom is -0.310 e. The van der Waals surface area contributed by atoms with E-state index in [1.54, 1.807) is 0 Å². The first-order valence-corrected chi connectivity index (χ1v) is 25.6. The number of hydrogen-bond acceptors (Lipinski definition) is 3. The van der Waals surface area contributed by atoms with Gasteiger partial charge < -0.3 is 9.80 Å². The molecule has 0 saturated heterocycles. The van der Waals surface area contributed by atoms with E-state index in [-0.39, 0.29) is 0 Å². The van der Waals surface area contributed by atoms with E-state index >= 15 is 0 Å². The third kappa shape index (κ3) is 6.70. The van der Waals surface area contributed by atoms with Crippen LogP contribution in [0.1, 0.15) is 21.6 Å². The minimum atomic E-state index is -0.591. The molecule has 72 heavy (non-hydrogen) atoms. The third-order valence-electron chi connectivity index (χ3n) is 14.9. The average molecular weight is 935 g/mol. The molecule has 2 aliphatic carbocycles. The van der Waals surface area contributed by atoms with Crippen LogP contribution >= 0.6 is 11.3 Å². The van der Waals surface area contributed by atoms with Gasteiger partial charge in [-0.1, -0.05) is 200 Å². The van der Waals surface area contributed by atoms with Crippen molar-refractivity contribution < 1.29 is 0 Å². The molecular formula is C69H46N2S. The van der Waals surface area contributed by atoms with E-state index < -0.39 is 5.41 Å². The molecular weight excluding hydrogens is 889 g/mol. The summed E-state index contributed by atoms with van der Waals surface area (Å²) in [4.78, 5) is 6.24. The van der Waals surface area contributed by atoms with Gasteiger partial charge >= 0.3 is 0 Å². The highest BCUT2D eigenvalue weighted by atomic mass is 32.1. The number of hydrogen-bond donors (Lipinski definition) is 0. The fourth-order valence-electron chi connectivity index (χ4n) is 11.6. The smallest absolute Gasteiger partial charge is 0.0820 e. The van der Waals surface area contributed by atoms with E-state index in [1.807, 2.05) is 11.3 Å². The Bertz CT molecular complexity index is 3860. The van der Waals surface area contributed by atoms with Crippen molar-refractivity contribution in [1.29, 1.82) is 0 Å². The Labute approximate surface area is 424 Å². The van der Waals surface area contributed by atoms with Crippen LogP contribution in [0.25, 0.3) is 65.7 Å². The third-order valence-corrected chi connectivity index (χ3v) is 16.2. The maximum atomic E-state index is 2.52. The van der Waals surface area contributed by atoms with Gasteiger partial charge in [-0.25, -0.2) is 0 Å². The summed E-state index contributed by atoms with van der Waals surface area (Å²) in [6.45, 7) is 0. The maximum Gasteiger partial charge on any atom is 0.0820 e. The molecule has 3 heteroatoms. The zero-order valence-corrected chi connectivity index (χ0v) is 40.2. The Balaban J connectivity index is 0.988. The van der Waals surface area contributed by atoms with Gasteiger partial charge in [-0.05, 0) is 146 Å². The van der Waals surface area contributed by atoms with Gasteiger partial charge in [0.2, 0.25) is 0 Å². The first-order valence-electron chi connectivity index (χ1n) is 24.7. The topological polar surface area (TPSA) is 6.48 Å². The molecule has 1 aromatic heterocycles. The molecule has 2 aliphatic rings. The Morgan fingerprint density at radius 3 is 1.14 bits per heavy atom. The summed E-state index contributed by atoms with van der Waals surface area (Å²) < 4.78 is 1.31. The SMILES string of the molecule is c1ccc(-c2ccc(N(c3ccccc3)c3ccc4c(c3)C3(c5ccccc5-4)c4cc(N(c5ccc(-c6ccccc6)cc5)c5ccc(-c6ccccc6)cc5)ccc4-c4c3sc3ccccc43)cc2)cc1. The van der Waals surface area contributed by atoms with Crippen LogP contribution in [0.4, 0.5) is 34.1 Å². The van der Waals surface area contributed by atoms with Gasteiger partial charge in [0.05, 0.1) is 5.41 Å². The van der Waals surface area contributed by atoms with Crippen molar-refractivity contribution in [1.82, 2.24) is 0 Å². The number of nitrogens with zero attached hydrogens (tertiary/aromatic N) is 2. The zero-order chi connectivity index (χ0) is 47.6. The summed E-state index contributed by atoms with van der Waals surface area (Å²) in [6, 6.07) is 103. The summed E-state index contributed by atoms with van der Waals surface area (Å²) in [5, 5.41) is 1.31. The van der Waals surface area contributed by atoms with Crippen LogP contribution in [0, 0.1) is 0 Å². The fraction of sp³-hybridized carbons (Fsp3) is 0.0145. The molecule has 1 atom stereocenters. The van der Waals surface area contributed by atoms with E-state index in [2.05, 4.69) is 289 Å². The van der Waals surface area contributed by atoms with Crippen LogP contribution in [0.3, 0.4) is 0 Å². The Morgan fingerprint density at radius 1 is 0.264 bits per heavy atom. The first-order chi connectivity index (χ1) is 35.7. The summed E-state index contributed by atoms with van der Waals surface area (Å²) >= 11 is 1.95. The van der Waals surface area contributed by atoms with Crippen LogP contribution in [-0.4, -0.2) is 0 Å². The van der Waals surface area contributed by atoms with Crippen molar-refractivity contribution >= 4 is 55.5 Å². The Hall–Kier alpha value is -9.02. The monoisotopic (exact) mass is 934 g/mol. The molecule has 12 aromatic rings. The van der Waals surface area contributed by atoms with Gasteiger partial charge in [0.25, 0.3) is 0 Å². The lowest BCUT2D eigenvalue weighted by Gasteiger charge is -2.33. The second kappa shape index (κ2) is 17.1. The lowest BCUT2D eigenvalue weighted by Crippen LogP contribution is -2.25. The molecule has 0 aliphatic heterocycles. The van der Waals surface area contributed by atoms with Crippen molar-refractivity contribution in [3.63, 3.8) is 0 Å². The molecule has 1 unspecified atom stereocenters. The van der Waals surface area contributed by atoms with Crippen molar-refractivity contribution in [2.75, 3.05) is 9.80 Å². The van der Waals surface area contributed by atoms with Crippen LogP contribution in [-0.2, 0) is 5.41 Å². The molecule has 0 amide bonds. The van der Waals surface area contributed by atoms with E-state index in [0.29, 0.717) is 0 Å². The highest BCUT2D eigenvalue weighted by Gasteiger charge is 2.54. The van der Waals surface area contributed by atoms with Gasteiger partial charge in [-0.15, -0.1) is 11.3 Å². The Kier molecular flexibility index (Phi) is 9.97. The zero-order valence-electron chi connectivity index (χ0n) is 39.4. The van der Waals surface area contributed by atoms with Crippen molar-refractivity contribution in [2.24, 2.45) is 0 Å². The highest BCUT2D eigenvalue weighted by molar-refractivity contribution is 7.20. The quantitative estimate of drug-likeness (QED) is 0.142. The molecule has 0 N–H and O–H groups in total. The number of benzene rings is 11. The van der Waals surface area contributed by atoms with E-state index in [1.165, 1.54) is 87.3 Å². The lowest BCUT2D eigenvalue weighted by molar-refractivity contribution is 0.811. The minimum absolute atomic E-state index is 0.591. The van der Waals surface area contributed by atoms with Crippen LogP contribution in [0.15, 0.2) is 279 Å². The average Bonchev–Trinajstić information content (AvgIpc) is 4.08. The van der Waals surface area contributed by atoms with Crippen LogP contribution in [0.2, 0.25) is 0 Å². The van der Waals surface area contributed by atoms with Gasteiger partial charge in [0.15, 0.2) is 0 Å². The summed E-state index contributed by atoms with van der Waals surface area (Å²) in [7, 11) is 0. The summed E-state index contributed by atoms with van der Waals surface area (Å²) in [6.07, 6.45) is 0.